The highest BCUT2D eigenvalue weighted by Gasteiger charge is 2.06. The summed E-state index contributed by atoms with van der Waals surface area (Å²) in [5.41, 5.74) is 2.77. The van der Waals surface area contributed by atoms with Crippen LogP contribution in [0.5, 0.6) is 0 Å². The number of halogens is 2. The predicted octanol–water partition coefficient (Wildman–Crippen LogP) is 3.99. The molecule has 0 aliphatic rings. The molecular formula is C14H12BrClN2O. The van der Waals surface area contributed by atoms with E-state index in [1.54, 1.807) is 6.07 Å². The second-order valence-electron chi connectivity index (χ2n) is 4.21. The van der Waals surface area contributed by atoms with Crippen LogP contribution in [0, 0.1) is 6.92 Å². The van der Waals surface area contributed by atoms with Crippen LogP contribution in [0.2, 0.25) is 5.15 Å². The number of benzene rings is 1. The standard InChI is InChI=1S/C14H12BrClN2O/c1-9-2-4-10(5-3-9)6-13(19)18-11-7-12(15)14(16)17-8-11/h2-5,7-8H,6H2,1H3,(H,18,19). The SMILES string of the molecule is Cc1ccc(CC(=O)Nc2cnc(Cl)c(Br)c2)cc1. The Morgan fingerprint density at radius 2 is 2.05 bits per heavy atom. The van der Waals surface area contributed by atoms with Crippen LogP contribution in [0.1, 0.15) is 11.1 Å². The summed E-state index contributed by atoms with van der Waals surface area (Å²) in [6.07, 6.45) is 1.86. The second kappa shape index (κ2) is 6.17. The van der Waals surface area contributed by atoms with Crippen LogP contribution >= 0.6 is 27.5 Å². The van der Waals surface area contributed by atoms with Gasteiger partial charge in [0.25, 0.3) is 0 Å². The van der Waals surface area contributed by atoms with Crippen LogP contribution in [0.4, 0.5) is 5.69 Å². The minimum Gasteiger partial charge on any atom is -0.324 e. The monoisotopic (exact) mass is 338 g/mol. The molecule has 0 aliphatic carbocycles. The summed E-state index contributed by atoms with van der Waals surface area (Å²) in [4.78, 5) is 15.8. The van der Waals surface area contributed by atoms with Gasteiger partial charge < -0.3 is 5.32 Å². The average Bonchev–Trinajstić information content (AvgIpc) is 2.37. The number of aromatic nitrogens is 1. The first-order chi connectivity index (χ1) is 9.04. The van der Waals surface area contributed by atoms with Crippen LogP contribution in [-0.4, -0.2) is 10.9 Å². The molecule has 0 spiro atoms. The highest BCUT2D eigenvalue weighted by Crippen LogP contribution is 2.22. The zero-order chi connectivity index (χ0) is 13.8. The normalized spacial score (nSPS) is 10.3. The molecule has 0 atom stereocenters. The van der Waals surface area contributed by atoms with Gasteiger partial charge in [-0.15, -0.1) is 0 Å². The number of aryl methyl sites for hydroxylation is 1. The zero-order valence-electron chi connectivity index (χ0n) is 10.3. The van der Waals surface area contributed by atoms with Crippen LogP contribution in [-0.2, 0) is 11.2 Å². The summed E-state index contributed by atoms with van der Waals surface area (Å²) in [6, 6.07) is 9.60. The Labute approximate surface area is 125 Å². The van der Waals surface area contributed by atoms with E-state index in [-0.39, 0.29) is 5.91 Å². The molecule has 2 rings (SSSR count). The van der Waals surface area contributed by atoms with Gasteiger partial charge in [0, 0.05) is 0 Å². The fourth-order valence-corrected chi connectivity index (χ4v) is 2.04. The highest BCUT2D eigenvalue weighted by molar-refractivity contribution is 9.10. The second-order valence-corrected chi connectivity index (χ2v) is 5.42. The van der Waals surface area contributed by atoms with Crippen molar-refractivity contribution in [2.45, 2.75) is 13.3 Å². The first-order valence-corrected chi connectivity index (χ1v) is 6.88. The number of nitrogens with zero attached hydrogens (tertiary/aromatic N) is 1. The predicted molar refractivity (Wildman–Crippen MR) is 80.5 cm³/mol. The van der Waals surface area contributed by atoms with Crippen molar-refractivity contribution in [3.63, 3.8) is 0 Å². The smallest absolute Gasteiger partial charge is 0.228 e. The van der Waals surface area contributed by atoms with E-state index < -0.39 is 0 Å². The van der Waals surface area contributed by atoms with Crippen molar-refractivity contribution in [3.05, 3.63) is 57.3 Å². The van der Waals surface area contributed by atoms with Crippen molar-refractivity contribution in [3.8, 4) is 0 Å². The Morgan fingerprint density at radius 1 is 1.37 bits per heavy atom. The average molecular weight is 340 g/mol. The molecule has 0 radical (unpaired) electrons. The Bertz CT molecular complexity index is 599. The molecule has 3 nitrogen and oxygen atoms in total. The summed E-state index contributed by atoms with van der Waals surface area (Å²) < 4.78 is 0.655. The lowest BCUT2D eigenvalue weighted by atomic mass is 10.1. The molecular weight excluding hydrogens is 328 g/mol. The fraction of sp³-hybridized carbons (Fsp3) is 0.143. The van der Waals surface area contributed by atoms with Crippen LogP contribution in [0.15, 0.2) is 41.0 Å². The maximum Gasteiger partial charge on any atom is 0.228 e. The van der Waals surface area contributed by atoms with E-state index in [0.717, 1.165) is 5.56 Å². The molecule has 1 aromatic heterocycles. The van der Waals surface area contributed by atoms with Crippen molar-refractivity contribution in [2.75, 3.05) is 5.32 Å². The minimum absolute atomic E-state index is 0.0834. The van der Waals surface area contributed by atoms with Crippen molar-refractivity contribution in [1.82, 2.24) is 4.98 Å². The zero-order valence-corrected chi connectivity index (χ0v) is 12.6. The first kappa shape index (κ1) is 14.0. The lowest BCUT2D eigenvalue weighted by Crippen LogP contribution is -2.14. The van der Waals surface area contributed by atoms with Crippen LogP contribution in [0.25, 0.3) is 0 Å². The van der Waals surface area contributed by atoms with Gasteiger partial charge in [-0.25, -0.2) is 4.98 Å². The Morgan fingerprint density at radius 3 is 2.68 bits per heavy atom. The highest BCUT2D eigenvalue weighted by atomic mass is 79.9. The molecule has 0 unspecified atom stereocenters. The maximum absolute atomic E-state index is 11.9. The lowest BCUT2D eigenvalue weighted by Gasteiger charge is -2.06. The van der Waals surface area contributed by atoms with E-state index in [9.17, 15) is 4.79 Å². The topological polar surface area (TPSA) is 42.0 Å². The molecule has 0 aliphatic heterocycles. The Kier molecular flexibility index (Phi) is 4.56. The van der Waals surface area contributed by atoms with Crippen molar-refractivity contribution < 1.29 is 4.79 Å². The number of pyridine rings is 1. The van der Waals surface area contributed by atoms with Gasteiger partial charge in [-0.2, -0.15) is 0 Å². The molecule has 1 aromatic carbocycles. The number of nitrogens with one attached hydrogen (secondary N) is 1. The van der Waals surface area contributed by atoms with E-state index in [1.165, 1.54) is 11.8 Å². The van der Waals surface area contributed by atoms with Gasteiger partial charge in [-0.3, -0.25) is 4.79 Å². The number of carbonyl (C=O) groups excluding carboxylic acids is 1. The van der Waals surface area contributed by atoms with Gasteiger partial charge in [-0.1, -0.05) is 41.4 Å². The summed E-state index contributed by atoms with van der Waals surface area (Å²) in [7, 11) is 0. The third-order valence-corrected chi connectivity index (χ3v) is 3.70. The molecule has 5 heteroatoms. The molecule has 2 aromatic rings. The molecule has 1 heterocycles. The fourth-order valence-electron chi connectivity index (χ4n) is 1.59. The third kappa shape index (κ3) is 4.04. The van der Waals surface area contributed by atoms with Gasteiger partial charge in [0.05, 0.1) is 22.8 Å². The van der Waals surface area contributed by atoms with Crippen molar-refractivity contribution in [1.29, 1.82) is 0 Å². The maximum atomic E-state index is 11.9. The number of carbonyl (C=O) groups is 1. The van der Waals surface area contributed by atoms with E-state index >= 15 is 0 Å². The lowest BCUT2D eigenvalue weighted by molar-refractivity contribution is -0.115. The molecule has 0 saturated heterocycles. The van der Waals surface area contributed by atoms with Gasteiger partial charge >= 0.3 is 0 Å². The van der Waals surface area contributed by atoms with Gasteiger partial charge in [0.2, 0.25) is 5.91 Å². The van der Waals surface area contributed by atoms with E-state index in [0.29, 0.717) is 21.7 Å². The van der Waals surface area contributed by atoms with Crippen LogP contribution < -0.4 is 5.32 Å². The number of hydrogen-bond acceptors (Lipinski definition) is 2. The number of rotatable bonds is 3. The molecule has 1 amide bonds. The van der Waals surface area contributed by atoms with Crippen molar-refractivity contribution >= 4 is 39.1 Å². The number of anilines is 1. The van der Waals surface area contributed by atoms with Crippen LogP contribution in [0.3, 0.4) is 0 Å². The summed E-state index contributed by atoms with van der Waals surface area (Å²) in [6.45, 7) is 2.01. The van der Waals surface area contributed by atoms with E-state index in [2.05, 4.69) is 26.2 Å². The minimum atomic E-state index is -0.0834. The summed E-state index contributed by atoms with van der Waals surface area (Å²) in [5, 5.41) is 3.15. The quantitative estimate of drug-likeness (QED) is 0.859. The molecule has 98 valence electrons. The van der Waals surface area contributed by atoms with Gasteiger partial charge in [0.1, 0.15) is 5.15 Å². The largest absolute Gasteiger partial charge is 0.324 e. The molecule has 19 heavy (non-hydrogen) atoms. The first-order valence-electron chi connectivity index (χ1n) is 5.71. The van der Waals surface area contributed by atoms with Gasteiger partial charge in [0.15, 0.2) is 0 Å². The van der Waals surface area contributed by atoms with E-state index in [4.69, 9.17) is 11.6 Å². The molecule has 0 saturated carbocycles. The molecule has 0 fully saturated rings. The molecule has 1 N–H and O–H groups in total. The van der Waals surface area contributed by atoms with Gasteiger partial charge in [-0.05, 0) is 34.5 Å². The number of hydrogen-bond donors (Lipinski definition) is 1. The third-order valence-electron chi connectivity index (χ3n) is 2.57. The van der Waals surface area contributed by atoms with Crippen molar-refractivity contribution in [2.24, 2.45) is 0 Å². The Balaban J connectivity index is 2.01. The summed E-state index contributed by atoms with van der Waals surface area (Å²) in [5.74, 6) is -0.0834. The summed E-state index contributed by atoms with van der Waals surface area (Å²) >= 11 is 9.06. The number of amides is 1. The van der Waals surface area contributed by atoms with E-state index in [1.807, 2.05) is 31.2 Å². The Hall–Kier alpha value is -1.39. The molecule has 0 bridgehead atoms.